The Morgan fingerprint density at radius 2 is 1.72 bits per heavy atom. The van der Waals surface area contributed by atoms with E-state index in [9.17, 15) is 18.0 Å². The molecule has 0 unspecified atom stereocenters. The van der Waals surface area contributed by atoms with Crippen molar-refractivity contribution in [2.24, 2.45) is 0 Å². The Bertz CT molecular complexity index is 1080. The number of anilines is 1. The molecule has 2 aromatic carbocycles. The molecule has 1 aliphatic heterocycles. The second-order valence-corrected chi connectivity index (χ2v) is 10.0. The summed E-state index contributed by atoms with van der Waals surface area (Å²) in [6.45, 7) is 0.856. The fourth-order valence-electron chi connectivity index (χ4n) is 3.20. The van der Waals surface area contributed by atoms with E-state index in [-0.39, 0.29) is 28.0 Å². The van der Waals surface area contributed by atoms with Gasteiger partial charge in [-0.15, -0.1) is 0 Å². The molecule has 10 heteroatoms. The van der Waals surface area contributed by atoms with Gasteiger partial charge in [0.05, 0.1) is 15.5 Å². The standard InChI is InChI=1S/C22H26ClN3O5S/c1-25(2)21(27)15-31-17-8-6-16(7-9-17)24-22(28)19-14-18(10-11-20(19)23)32(29,30)26-12-4-3-5-13-26/h6-11,14H,3-5,12-13,15H2,1-2H3,(H,24,28). The Hall–Kier alpha value is -2.62. The second-order valence-electron chi connectivity index (χ2n) is 7.66. The third-order valence-electron chi connectivity index (χ3n) is 5.11. The molecular weight excluding hydrogens is 454 g/mol. The lowest BCUT2D eigenvalue weighted by Crippen LogP contribution is -2.35. The predicted octanol–water partition coefficient (Wildman–Crippen LogP) is 3.23. The van der Waals surface area contributed by atoms with E-state index in [0.29, 0.717) is 24.5 Å². The minimum Gasteiger partial charge on any atom is -0.484 e. The van der Waals surface area contributed by atoms with Gasteiger partial charge in [0.15, 0.2) is 6.61 Å². The SMILES string of the molecule is CN(C)C(=O)COc1ccc(NC(=O)c2cc(S(=O)(=O)N3CCCCC3)ccc2Cl)cc1. The van der Waals surface area contributed by atoms with Gasteiger partial charge in [-0.3, -0.25) is 9.59 Å². The van der Waals surface area contributed by atoms with Gasteiger partial charge in [-0.05, 0) is 55.3 Å². The van der Waals surface area contributed by atoms with Crippen molar-refractivity contribution in [2.75, 3.05) is 39.1 Å². The van der Waals surface area contributed by atoms with Crippen LogP contribution >= 0.6 is 11.6 Å². The molecule has 1 heterocycles. The van der Waals surface area contributed by atoms with E-state index in [4.69, 9.17) is 16.3 Å². The molecule has 2 aromatic rings. The fourth-order valence-corrected chi connectivity index (χ4v) is 4.95. The number of likely N-dealkylation sites (N-methyl/N-ethyl adjacent to an activating group) is 1. The van der Waals surface area contributed by atoms with Crippen molar-refractivity contribution in [1.82, 2.24) is 9.21 Å². The van der Waals surface area contributed by atoms with Crippen LogP contribution < -0.4 is 10.1 Å². The normalized spacial score (nSPS) is 14.6. The first-order chi connectivity index (χ1) is 15.2. The Morgan fingerprint density at radius 1 is 1.06 bits per heavy atom. The number of hydrogen-bond donors (Lipinski definition) is 1. The van der Waals surface area contributed by atoms with Gasteiger partial charge in [-0.25, -0.2) is 8.42 Å². The summed E-state index contributed by atoms with van der Waals surface area (Å²) in [5, 5.41) is 2.86. The van der Waals surface area contributed by atoms with Crippen LogP contribution in [0.4, 0.5) is 5.69 Å². The zero-order valence-electron chi connectivity index (χ0n) is 18.0. The summed E-state index contributed by atoms with van der Waals surface area (Å²) in [4.78, 5) is 25.9. The third kappa shape index (κ3) is 5.79. The van der Waals surface area contributed by atoms with Gasteiger partial charge in [-0.1, -0.05) is 18.0 Å². The highest BCUT2D eigenvalue weighted by Crippen LogP contribution is 2.26. The molecule has 0 bridgehead atoms. The highest BCUT2D eigenvalue weighted by molar-refractivity contribution is 7.89. The molecule has 1 aliphatic rings. The van der Waals surface area contributed by atoms with E-state index in [2.05, 4.69) is 5.32 Å². The number of carbonyl (C=O) groups is 2. The molecule has 8 nitrogen and oxygen atoms in total. The average Bonchev–Trinajstić information content (AvgIpc) is 2.79. The number of piperidine rings is 1. The van der Waals surface area contributed by atoms with Crippen LogP contribution in [0.15, 0.2) is 47.4 Å². The first kappa shape index (κ1) is 24.0. The topological polar surface area (TPSA) is 96.0 Å². The van der Waals surface area contributed by atoms with Crippen LogP contribution in [-0.2, 0) is 14.8 Å². The lowest BCUT2D eigenvalue weighted by molar-refractivity contribution is -0.130. The highest BCUT2D eigenvalue weighted by Gasteiger charge is 2.27. The third-order valence-corrected chi connectivity index (χ3v) is 7.33. The zero-order chi connectivity index (χ0) is 23.3. The monoisotopic (exact) mass is 479 g/mol. The van der Waals surface area contributed by atoms with Gasteiger partial charge in [0, 0.05) is 32.9 Å². The van der Waals surface area contributed by atoms with Gasteiger partial charge < -0.3 is 15.0 Å². The van der Waals surface area contributed by atoms with Crippen LogP contribution in [0.5, 0.6) is 5.75 Å². The number of nitrogens with one attached hydrogen (secondary N) is 1. The molecule has 3 rings (SSSR count). The van der Waals surface area contributed by atoms with Crippen molar-refractivity contribution in [3.8, 4) is 5.75 Å². The fraction of sp³-hybridized carbons (Fsp3) is 0.364. The summed E-state index contributed by atoms with van der Waals surface area (Å²) in [5.41, 5.74) is 0.545. The zero-order valence-corrected chi connectivity index (χ0v) is 19.6. The molecule has 2 amide bonds. The maximum atomic E-state index is 12.9. The van der Waals surface area contributed by atoms with Crippen molar-refractivity contribution in [3.63, 3.8) is 0 Å². The van der Waals surface area contributed by atoms with E-state index in [1.807, 2.05) is 0 Å². The Morgan fingerprint density at radius 3 is 2.34 bits per heavy atom. The molecule has 0 aliphatic carbocycles. The quantitative estimate of drug-likeness (QED) is 0.657. The van der Waals surface area contributed by atoms with Crippen LogP contribution in [0.1, 0.15) is 29.6 Å². The number of nitrogens with zero attached hydrogens (tertiary/aromatic N) is 2. The number of benzene rings is 2. The molecule has 1 fully saturated rings. The number of amides is 2. The summed E-state index contributed by atoms with van der Waals surface area (Å²) in [6.07, 6.45) is 2.66. The van der Waals surface area contributed by atoms with Crippen LogP contribution in [-0.4, -0.2) is 63.2 Å². The van der Waals surface area contributed by atoms with Gasteiger partial charge in [0.1, 0.15) is 5.75 Å². The first-order valence-electron chi connectivity index (χ1n) is 10.2. The minimum atomic E-state index is -3.69. The van der Waals surface area contributed by atoms with Gasteiger partial charge >= 0.3 is 0 Å². The van der Waals surface area contributed by atoms with Crippen LogP contribution in [0.25, 0.3) is 0 Å². The largest absolute Gasteiger partial charge is 0.484 e. The molecule has 1 saturated heterocycles. The van der Waals surface area contributed by atoms with Crippen LogP contribution in [0.3, 0.4) is 0 Å². The van der Waals surface area contributed by atoms with Crippen molar-refractivity contribution < 1.29 is 22.7 Å². The average molecular weight is 480 g/mol. The van der Waals surface area contributed by atoms with Crippen molar-refractivity contribution >= 4 is 39.1 Å². The Balaban J connectivity index is 1.71. The van der Waals surface area contributed by atoms with E-state index in [1.54, 1.807) is 38.4 Å². The van der Waals surface area contributed by atoms with Crippen molar-refractivity contribution in [2.45, 2.75) is 24.2 Å². The number of sulfonamides is 1. The second kappa shape index (κ2) is 10.3. The van der Waals surface area contributed by atoms with E-state index < -0.39 is 15.9 Å². The van der Waals surface area contributed by atoms with Crippen molar-refractivity contribution in [3.05, 3.63) is 53.1 Å². The van der Waals surface area contributed by atoms with Gasteiger partial charge in [0.2, 0.25) is 10.0 Å². The predicted molar refractivity (Wildman–Crippen MR) is 123 cm³/mol. The lowest BCUT2D eigenvalue weighted by Gasteiger charge is -2.26. The Labute approximate surface area is 193 Å². The number of halogens is 1. The first-order valence-corrected chi connectivity index (χ1v) is 12.0. The smallest absolute Gasteiger partial charge is 0.259 e. The summed E-state index contributed by atoms with van der Waals surface area (Å²) in [5.74, 6) is -0.218. The molecule has 0 aromatic heterocycles. The molecule has 0 radical (unpaired) electrons. The molecule has 0 atom stereocenters. The Kier molecular flexibility index (Phi) is 7.76. The molecular formula is C22H26ClN3O5S. The summed E-state index contributed by atoms with van der Waals surface area (Å²) in [6, 6.07) is 10.6. The van der Waals surface area contributed by atoms with Crippen LogP contribution in [0, 0.1) is 0 Å². The maximum absolute atomic E-state index is 12.9. The maximum Gasteiger partial charge on any atom is 0.259 e. The summed E-state index contributed by atoms with van der Waals surface area (Å²) >= 11 is 6.19. The lowest BCUT2D eigenvalue weighted by atomic mass is 10.2. The summed E-state index contributed by atoms with van der Waals surface area (Å²) in [7, 11) is -0.403. The molecule has 32 heavy (non-hydrogen) atoms. The van der Waals surface area contributed by atoms with Gasteiger partial charge in [0.25, 0.3) is 11.8 Å². The molecule has 0 spiro atoms. The van der Waals surface area contributed by atoms with E-state index in [0.717, 1.165) is 19.3 Å². The number of hydrogen-bond acceptors (Lipinski definition) is 5. The van der Waals surface area contributed by atoms with Crippen molar-refractivity contribution in [1.29, 1.82) is 0 Å². The van der Waals surface area contributed by atoms with Gasteiger partial charge in [-0.2, -0.15) is 4.31 Å². The van der Waals surface area contributed by atoms with E-state index in [1.165, 1.54) is 27.4 Å². The highest BCUT2D eigenvalue weighted by atomic mass is 35.5. The van der Waals surface area contributed by atoms with Crippen LogP contribution in [0.2, 0.25) is 5.02 Å². The molecule has 172 valence electrons. The number of ether oxygens (including phenoxy) is 1. The molecule has 0 saturated carbocycles. The summed E-state index contributed by atoms with van der Waals surface area (Å²) < 4.78 is 32.7. The minimum absolute atomic E-state index is 0.0447. The molecule has 1 N–H and O–H groups in total. The number of rotatable bonds is 7. The van der Waals surface area contributed by atoms with E-state index >= 15 is 0 Å². The number of carbonyl (C=O) groups excluding carboxylic acids is 2.